The lowest BCUT2D eigenvalue weighted by Crippen LogP contribution is -2.51. The SMILES string of the molecule is CC.C[C@]12CCC(=O)C=C1CCC1C2CC[C@@]2(C)C1CC[C@@H]2C(=O)O. The fourth-order valence-corrected chi connectivity index (χ4v) is 6.97. The van der Waals surface area contributed by atoms with Crippen LogP contribution in [0.25, 0.3) is 0 Å². The van der Waals surface area contributed by atoms with Crippen molar-refractivity contribution in [3.63, 3.8) is 0 Å². The van der Waals surface area contributed by atoms with Crippen molar-refractivity contribution in [2.24, 2.45) is 34.5 Å². The summed E-state index contributed by atoms with van der Waals surface area (Å²) in [6.07, 6.45) is 9.99. The van der Waals surface area contributed by atoms with Crippen molar-refractivity contribution in [1.29, 1.82) is 0 Å². The van der Waals surface area contributed by atoms with Gasteiger partial charge in [-0.15, -0.1) is 0 Å². The molecule has 0 bridgehead atoms. The van der Waals surface area contributed by atoms with Crippen LogP contribution in [0, 0.1) is 34.5 Å². The molecule has 0 amide bonds. The van der Waals surface area contributed by atoms with Crippen molar-refractivity contribution < 1.29 is 14.7 Å². The highest BCUT2D eigenvalue weighted by Crippen LogP contribution is 2.66. The van der Waals surface area contributed by atoms with Gasteiger partial charge in [0.15, 0.2) is 5.78 Å². The van der Waals surface area contributed by atoms with Gasteiger partial charge in [0.05, 0.1) is 5.92 Å². The van der Waals surface area contributed by atoms with E-state index in [2.05, 4.69) is 13.8 Å². The number of hydrogen-bond donors (Lipinski definition) is 1. The Kier molecular flexibility index (Phi) is 4.89. The van der Waals surface area contributed by atoms with Crippen molar-refractivity contribution in [3.05, 3.63) is 11.6 Å². The van der Waals surface area contributed by atoms with Crippen molar-refractivity contribution in [2.45, 2.75) is 79.1 Å². The van der Waals surface area contributed by atoms with Crippen LogP contribution in [0.15, 0.2) is 11.6 Å². The maximum Gasteiger partial charge on any atom is 0.307 e. The number of carboxylic acids is 1. The van der Waals surface area contributed by atoms with Crippen molar-refractivity contribution in [1.82, 2.24) is 0 Å². The number of ketones is 1. The molecule has 4 rings (SSSR count). The monoisotopic (exact) mass is 346 g/mol. The van der Waals surface area contributed by atoms with Gasteiger partial charge in [0.1, 0.15) is 0 Å². The molecule has 3 heteroatoms. The molecule has 3 unspecified atom stereocenters. The summed E-state index contributed by atoms with van der Waals surface area (Å²) < 4.78 is 0. The normalized spacial score (nSPS) is 45.3. The highest BCUT2D eigenvalue weighted by molar-refractivity contribution is 5.91. The molecule has 3 nitrogen and oxygen atoms in total. The van der Waals surface area contributed by atoms with Crippen LogP contribution >= 0.6 is 0 Å². The first-order valence-electron chi connectivity index (χ1n) is 10.3. The molecule has 0 aromatic heterocycles. The number of allylic oxidation sites excluding steroid dienone is 1. The lowest BCUT2D eigenvalue weighted by atomic mass is 9.47. The van der Waals surface area contributed by atoms with E-state index in [-0.39, 0.29) is 16.7 Å². The first-order valence-corrected chi connectivity index (χ1v) is 10.3. The molecule has 1 N–H and O–H groups in total. The van der Waals surface area contributed by atoms with E-state index < -0.39 is 5.97 Å². The zero-order chi connectivity index (χ0) is 18.4. The molecule has 0 aliphatic heterocycles. The second-order valence-corrected chi connectivity index (χ2v) is 8.98. The Bertz CT molecular complexity index is 592. The van der Waals surface area contributed by atoms with E-state index in [4.69, 9.17) is 0 Å². The molecule has 0 heterocycles. The fourth-order valence-electron chi connectivity index (χ4n) is 6.97. The molecule has 0 radical (unpaired) electrons. The highest BCUT2D eigenvalue weighted by Gasteiger charge is 2.60. The molecule has 0 saturated heterocycles. The number of carbonyl (C=O) groups excluding carboxylic acids is 1. The Morgan fingerprint density at radius 3 is 2.44 bits per heavy atom. The minimum atomic E-state index is -0.584. The first-order chi connectivity index (χ1) is 11.9. The first kappa shape index (κ1) is 18.7. The van der Waals surface area contributed by atoms with E-state index in [1.54, 1.807) is 0 Å². The molecular weight excluding hydrogens is 312 g/mol. The van der Waals surface area contributed by atoms with Gasteiger partial charge in [-0.2, -0.15) is 0 Å². The fraction of sp³-hybridized carbons (Fsp3) is 0.818. The third-order valence-corrected chi connectivity index (χ3v) is 8.26. The van der Waals surface area contributed by atoms with Crippen LogP contribution < -0.4 is 0 Å². The molecule has 6 atom stereocenters. The van der Waals surface area contributed by atoms with Gasteiger partial charge >= 0.3 is 5.97 Å². The zero-order valence-corrected chi connectivity index (χ0v) is 16.3. The minimum absolute atomic E-state index is 0.00490. The Hall–Kier alpha value is -1.12. The molecule has 3 fully saturated rings. The van der Waals surface area contributed by atoms with E-state index in [0.717, 1.165) is 44.9 Å². The van der Waals surface area contributed by atoms with E-state index in [1.165, 1.54) is 5.57 Å². The summed E-state index contributed by atoms with van der Waals surface area (Å²) in [6.45, 7) is 8.63. The van der Waals surface area contributed by atoms with E-state index in [0.29, 0.717) is 30.0 Å². The Morgan fingerprint density at radius 1 is 1.04 bits per heavy atom. The maximum absolute atomic E-state index is 11.8. The summed E-state index contributed by atoms with van der Waals surface area (Å²) in [7, 11) is 0. The Balaban J connectivity index is 0.000000880. The summed E-state index contributed by atoms with van der Waals surface area (Å²) in [5.41, 5.74) is 1.58. The lowest BCUT2D eigenvalue weighted by Gasteiger charge is -2.57. The molecule has 0 aromatic rings. The topological polar surface area (TPSA) is 54.4 Å². The highest BCUT2D eigenvalue weighted by atomic mass is 16.4. The minimum Gasteiger partial charge on any atom is -0.481 e. The molecule has 4 aliphatic rings. The van der Waals surface area contributed by atoms with Gasteiger partial charge in [-0.3, -0.25) is 9.59 Å². The van der Waals surface area contributed by atoms with Crippen LogP contribution in [0.3, 0.4) is 0 Å². The van der Waals surface area contributed by atoms with Crippen LogP contribution in [0.4, 0.5) is 0 Å². The predicted octanol–water partition coefficient (Wildman–Crippen LogP) is 5.25. The van der Waals surface area contributed by atoms with Crippen LogP contribution in [0.5, 0.6) is 0 Å². The second-order valence-electron chi connectivity index (χ2n) is 8.98. The molecule has 25 heavy (non-hydrogen) atoms. The molecule has 0 aromatic carbocycles. The summed E-state index contributed by atoms with van der Waals surface area (Å²) in [5, 5.41) is 9.63. The van der Waals surface area contributed by atoms with Crippen LogP contribution in [0.1, 0.15) is 79.1 Å². The Morgan fingerprint density at radius 2 is 1.76 bits per heavy atom. The third kappa shape index (κ3) is 2.69. The van der Waals surface area contributed by atoms with E-state index in [1.807, 2.05) is 19.9 Å². The average Bonchev–Trinajstić information content (AvgIpc) is 2.95. The lowest BCUT2D eigenvalue weighted by molar-refractivity contribution is -0.149. The second kappa shape index (κ2) is 6.55. The zero-order valence-electron chi connectivity index (χ0n) is 16.3. The summed E-state index contributed by atoms with van der Waals surface area (Å²) >= 11 is 0. The van der Waals surface area contributed by atoms with Crippen LogP contribution in [0.2, 0.25) is 0 Å². The van der Waals surface area contributed by atoms with Crippen molar-refractivity contribution in [2.75, 3.05) is 0 Å². The summed E-state index contributed by atoms with van der Waals surface area (Å²) in [5.74, 6) is 1.46. The Labute approximate surface area is 152 Å². The number of carbonyl (C=O) groups is 2. The van der Waals surface area contributed by atoms with Crippen LogP contribution in [-0.4, -0.2) is 16.9 Å². The van der Waals surface area contributed by atoms with Gasteiger partial charge in [0.25, 0.3) is 0 Å². The number of hydrogen-bond acceptors (Lipinski definition) is 2. The van der Waals surface area contributed by atoms with E-state index >= 15 is 0 Å². The van der Waals surface area contributed by atoms with Gasteiger partial charge in [-0.05, 0) is 79.6 Å². The molecule has 3 saturated carbocycles. The number of fused-ring (bicyclic) bond motifs is 5. The number of rotatable bonds is 1. The van der Waals surface area contributed by atoms with Crippen molar-refractivity contribution >= 4 is 11.8 Å². The third-order valence-electron chi connectivity index (χ3n) is 8.26. The quantitative estimate of drug-likeness (QED) is 0.706. The predicted molar refractivity (Wildman–Crippen MR) is 99.2 cm³/mol. The number of carboxylic acid groups (broad SMARTS) is 1. The van der Waals surface area contributed by atoms with Gasteiger partial charge in [0.2, 0.25) is 0 Å². The van der Waals surface area contributed by atoms with Gasteiger partial charge in [0, 0.05) is 6.42 Å². The standard InChI is InChI=1S/C20H28O3.C2H6/c1-19-9-7-13(21)11-12(19)3-4-14-15-5-6-17(18(22)23)20(15,2)10-8-16(14)19;1-2/h11,14-17H,3-10H2,1-2H3,(H,22,23);1-2H3/t14?,15?,16?,17-,19+,20+;/m1./s1. The molecule has 4 aliphatic carbocycles. The van der Waals surface area contributed by atoms with Crippen molar-refractivity contribution in [3.8, 4) is 0 Å². The maximum atomic E-state index is 11.8. The van der Waals surface area contributed by atoms with Gasteiger partial charge < -0.3 is 5.11 Å². The van der Waals surface area contributed by atoms with E-state index in [9.17, 15) is 14.7 Å². The molecule has 0 spiro atoms. The molecule has 140 valence electrons. The summed E-state index contributed by atoms with van der Waals surface area (Å²) in [4.78, 5) is 23.5. The van der Waals surface area contributed by atoms with Gasteiger partial charge in [-0.25, -0.2) is 0 Å². The summed E-state index contributed by atoms with van der Waals surface area (Å²) in [6, 6.07) is 0. The molecular formula is C22H34O3. The van der Waals surface area contributed by atoms with Crippen LogP contribution in [-0.2, 0) is 9.59 Å². The average molecular weight is 347 g/mol. The largest absolute Gasteiger partial charge is 0.481 e. The number of aliphatic carboxylic acids is 1. The van der Waals surface area contributed by atoms with Gasteiger partial charge in [-0.1, -0.05) is 33.3 Å². The smallest absolute Gasteiger partial charge is 0.307 e.